The summed E-state index contributed by atoms with van der Waals surface area (Å²) in [6.07, 6.45) is 1.94. The molecule has 26 heavy (non-hydrogen) atoms. The Morgan fingerprint density at radius 3 is 2.65 bits per heavy atom. The van der Waals surface area contributed by atoms with Gasteiger partial charge in [-0.25, -0.2) is 4.98 Å². The fourth-order valence-corrected chi connectivity index (χ4v) is 2.76. The third kappa shape index (κ3) is 3.49. The zero-order valence-electron chi connectivity index (χ0n) is 15.5. The van der Waals surface area contributed by atoms with E-state index in [-0.39, 0.29) is 12.4 Å². The number of carbonyl (C=O) groups is 1. The molecule has 134 valence electrons. The number of hydrogen-bond acceptors (Lipinski definition) is 5. The Morgan fingerprint density at radius 2 is 1.88 bits per heavy atom. The lowest BCUT2D eigenvalue weighted by Gasteiger charge is -2.03. The molecule has 0 radical (unpaired) electrons. The highest BCUT2D eigenvalue weighted by Gasteiger charge is 2.17. The van der Waals surface area contributed by atoms with Crippen LogP contribution in [-0.2, 0) is 16.0 Å². The van der Waals surface area contributed by atoms with Crippen LogP contribution in [0.2, 0.25) is 0 Å². The molecule has 0 bridgehead atoms. The van der Waals surface area contributed by atoms with Crippen LogP contribution in [0.4, 0.5) is 11.5 Å². The summed E-state index contributed by atoms with van der Waals surface area (Å²) in [5.74, 6) is 0.231. The van der Waals surface area contributed by atoms with Gasteiger partial charge in [0.2, 0.25) is 0 Å². The van der Waals surface area contributed by atoms with E-state index >= 15 is 0 Å². The van der Waals surface area contributed by atoms with Gasteiger partial charge in [-0.15, -0.1) is 10.2 Å². The third-order valence-corrected chi connectivity index (χ3v) is 4.34. The number of hydrogen-bond donors (Lipinski definition) is 0. The van der Waals surface area contributed by atoms with Crippen molar-refractivity contribution in [3.05, 3.63) is 58.9 Å². The summed E-state index contributed by atoms with van der Waals surface area (Å²) in [5.41, 5.74) is 5.37. The molecule has 0 saturated carbocycles. The number of carbonyl (C=O) groups excluding carboxylic acids is 1. The van der Waals surface area contributed by atoms with Crippen molar-refractivity contribution in [2.75, 3.05) is 6.61 Å². The first-order valence-corrected chi connectivity index (χ1v) is 8.61. The average Bonchev–Trinajstić information content (AvgIpc) is 2.95. The van der Waals surface area contributed by atoms with Crippen molar-refractivity contribution in [3.63, 3.8) is 0 Å². The summed E-state index contributed by atoms with van der Waals surface area (Å²) in [6.45, 7) is 8.15. The normalized spacial score (nSPS) is 11.4. The topological polar surface area (TPSA) is 68.3 Å². The van der Waals surface area contributed by atoms with E-state index in [0.29, 0.717) is 18.1 Å². The van der Waals surface area contributed by atoms with Crippen molar-refractivity contribution >= 4 is 23.1 Å². The van der Waals surface area contributed by atoms with E-state index in [0.717, 1.165) is 28.0 Å². The van der Waals surface area contributed by atoms with Gasteiger partial charge in [0.25, 0.3) is 0 Å². The lowest BCUT2D eigenvalue weighted by molar-refractivity contribution is -0.142. The summed E-state index contributed by atoms with van der Waals surface area (Å²) in [5, 5.41) is 8.85. The molecule has 0 saturated heterocycles. The summed E-state index contributed by atoms with van der Waals surface area (Å²) in [4.78, 5) is 16.6. The number of benzene rings is 1. The van der Waals surface area contributed by atoms with Gasteiger partial charge in [-0.3, -0.25) is 9.20 Å². The van der Waals surface area contributed by atoms with Crippen molar-refractivity contribution < 1.29 is 9.53 Å². The second kappa shape index (κ2) is 7.47. The molecular weight excluding hydrogens is 328 g/mol. The van der Waals surface area contributed by atoms with Gasteiger partial charge >= 0.3 is 5.97 Å². The van der Waals surface area contributed by atoms with Gasteiger partial charge in [-0.2, -0.15) is 0 Å². The second-order valence-corrected chi connectivity index (χ2v) is 6.17. The van der Waals surface area contributed by atoms with E-state index < -0.39 is 0 Å². The van der Waals surface area contributed by atoms with Crippen LogP contribution in [0.5, 0.6) is 0 Å². The maximum Gasteiger partial charge on any atom is 0.312 e. The van der Waals surface area contributed by atoms with Gasteiger partial charge in [0.15, 0.2) is 5.82 Å². The van der Waals surface area contributed by atoms with Gasteiger partial charge in [0, 0.05) is 6.20 Å². The molecular formula is C20H22N4O2. The van der Waals surface area contributed by atoms with Crippen LogP contribution < -0.4 is 0 Å². The maximum atomic E-state index is 12.0. The predicted octanol–water partition coefficient (Wildman–Crippen LogP) is 4.78. The van der Waals surface area contributed by atoms with Gasteiger partial charge in [0.1, 0.15) is 5.65 Å². The molecule has 0 aliphatic rings. The molecule has 3 aromatic rings. The Hall–Kier alpha value is -3.02. The van der Waals surface area contributed by atoms with E-state index in [1.165, 1.54) is 0 Å². The molecule has 0 N–H and O–H groups in total. The number of esters is 1. The number of fused-ring (bicyclic) bond motifs is 1. The van der Waals surface area contributed by atoms with E-state index in [4.69, 9.17) is 4.74 Å². The Labute approximate surface area is 152 Å². The minimum Gasteiger partial charge on any atom is -0.466 e. The largest absolute Gasteiger partial charge is 0.466 e. The van der Waals surface area contributed by atoms with Crippen molar-refractivity contribution in [2.24, 2.45) is 10.2 Å². The first kappa shape index (κ1) is 17.8. The molecule has 0 aliphatic carbocycles. The molecule has 2 heterocycles. The van der Waals surface area contributed by atoms with E-state index in [2.05, 4.69) is 15.2 Å². The van der Waals surface area contributed by atoms with Crippen LogP contribution in [0.1, 0.15) is 29.3 Å². The van der Waals surface area contributed by atoms with Gasteiger partial charge < -0.3 is 4.74 Å². The maximum absolute atomic E-state index is 12.0. The second-order valence-electron chi connectivity index (χ2n) is 6.17. The number of azo groups is 1. The first-order valence-electron chi connectivity index (χ1n) is 8.61. The fourth-order valence-electron chi connectivity index (χ4n) is 2.76. The molecule has 0 fully saturated rings. The SMILES string of the molecule is CCOC(=O)Cc1nc2c(C)cccn2c1N=Nc1cccc(C)c1C. The zero-order chi connectivity index (χ0) is 18.7. The first-order chi connectivity index (χ1) is 12.5. The minimum atomic E-state index is -0.322. The standard InChI is InChI=1S/C20H22N4O2/c1-5-26-18(25)12-17-20(24-11-7-9-14(3)19(24)21-17)23-22-16-10-6-8-13(2)15(16)4/h6-11H,5,12H2,1-4H3. The molecule has 0 spiro atoms. The van der Waals surface area contributed by atoms with E-state index in [9.17, 15) is 4.79 Å². The highest BCUT2D eigenvalue weighted by molar-refractivity contribution is 5.74. The quantitative estimate of drug-likeness (QED) is 0.491. The average molecular weight is 350 g/mol. The van der Waals surface area contributed by atoms with Crippen molar-refractivity contribution in [1.82, 2.24) is 9.38 Å². The molecule has 1 aromatic carbocycles. The number of rotatable bonds is 5. The molecule has 3 rings (SSSR count). The zero-order valence-corrected chi connectivity index (χ0v) is 15.5. The fraction of sp³-hybridized carbons (Fsp3) is 0.300. The van der Waals surface area contributed by atoms with Crippen LogP contribution in [0, 0.1) is 20.8 Å². The number of imidazole rings is 1. The number of pyridine rings is 1. The molecule has 0 aliphatic heterocycles. The van der Waals surface area contributed by atoms with Gasteiger partial charge in [-0.1, -0.05) is 18.2 Å². The van der Waals surface area contributed by atoms with Crippen LogP contribution in [0.25, 0.3) is 5.65 Å². The summed E-state index contributed by atoms with van der Waals surface area (Å²) >= 11 is 0. The smallest absolute Gasteiger partial charge is 0.312 e. The van der Waals surface area contributed by atoms with Crippen LogP contribution in [0.3, 0.4) is 0 Å². The summed E-state index contributed by atoms with van der Waals surface area (Å²) in [7, 11) is 0. The van der Waals surface area contributed by atoms with Crippen molar-refractivity contribution in [2.45, 2.75) is 34.1 Å². The van der Waals surface area contributed by atoms with Gasteiger partial charge in [0.05, 0.1) is 24.4 Å². The van der Waals surface area contributed by atoms with Crippen LogP contribution in [0.15, 0.2) is 46.8 Å². The molecule has 6 heteroatoms. The Balaban J connectivity index is 2.07. The van der Waals surface area contributed by atoms with Crippen LogP contribution >= 0.6 is 0 Å². The monoisotopic (exact) mass is 350 g/mol. The van der Waals surface area contributed by atoms with E-state index in [1.54, 1.807) is 6.92 Å². The number of aryl methyl sites for hydroxylation is 2. The minimum absolute atomic E-state index is 0.0656. The number of ether oxygens (including phenoxy) is 1. The number of aromatic nitrogens is 2. The van der Waals surface area contributed by atoms with Crippen molar-refractivity contribution in [1.29, 1.82) is 0 Å². The van der Waals surface area contributed by atoms with Gasteiger partial charge in [-0.05, 0) is 56.5 Å². The van der Waals surface area contributed by atoms with Crippen LogP contribution in [-0.4, -0.2) is 22.0 Å². The lowest BCUT2D eigenvalue weighted by atomic mass is 10.1. The Morgan fingerprint density at radius 1 is 1.12 bits per heavy atom. The summed E-state index contributed by atoms with van der Waals surface area (Å²) in [6, 6.07) is 9.81. The summed E-state index contributed by atoms with van der Waals surface area (Å²) < 4.78 is 6.92. The molecule has 2 aromatic heterocycles. The molecule has 0 atom stereocenters. The molecule has 6 nitrogen and oxygen atoms in total. The Kier molecular flexibility index (Phi) is 5.11. The highest BCUT2D eigenvalue weighted by atomic mass is 16.5. The highest BCUT2D eigenvalue weighted by Crippen LogP contribution is 2.28. The lowest BCUT2D eigenvalue weighted by Crippen LogP contribution is -2.07. The third-order valence-electron chi connectivity index (χ3n) is 4.34. The predicted molar refractivity (Wildman–Crippen MR) is 100 cm³/mol. The van der Waals surface area contributed by atoms with Crippen molar-refractivity contribution in [3.8, 4) is 0 Å². The Bertz CT molecular complexity index is 989. The molecule has 0 amide bonds. The van der Waals surface area contributed by atoms with E-state index in [1.807, 2.05) is 61.7 Å². The molecule has 0 unspecified atom stereocenters. The number of nitrogens with zero attached hydrogens (tertiary/aromatic N) is 4.